The first-order chi connectivity index (χ1) is 11.9. The topological polar surface area (TPSA) is 92.2 Å². The zero-order valence-electron chi connectivity index (χ0n) is 14.3. The molecule has 0 aliphatic rings. The number of nitrogens with one attached hydrogen (secondary N) is 2. The molecule has 3 rings (SSSR count). The maximum absolute atomic E-state index is 13.0. The number of benzene rings is 2. The van der Waals surface area contributed by atoms with Crippen LogP contribution in [0.2, 0.25) is 0 Å². The van der Waals surface area contributed by atoms with Gasteiger partial charge in [-0.25, -0.2) is 13.2 Å². The van der Waals surface area contributed by atoms with Crippen LogP contribution in [0, 0.1) is 6.92 Å². The molecular weight excluding hydrogens is 340 g/mol. The van der Waals surface area contributed by atoms with Crippen molar-refractivity contribution in [3.05, 3.63) is 57.6 Å². The maximum atomic E-state index is 13.0. The molecule has 1 heterocycles. The number of hydrogen-bond acceptors (Lipinski definition) is 4. The average Bonchev–Trinajstić information content (AvgIpc) is 2.92. The lowest BCUT2D eigenvalue weighted by Crippen LogP contribution is -2.16. The van der Waals surface area contributed by atoms with E-state index in [9.17, 15) is 13.2 Å². The molecule has 0 atom stereocenters. The van der Waals surface area contributed by atoms with E-state index < -0.39 is 15.8 Å². The van der Waals surface area contributed by atoms with Crippen molar-refractivity contribution in [2.75, 3.05) is 4.72 Å². The van der Waals surface area contributed by atoms with E-state index in [4.69, 9.17) is 4.42 Å². The fourth-order valence-electron chi connectivity index (χ4n) is 2.94. The van der Waals surface area contributed by atoms with Gasteiger partial charge in [0.15, 0.2) is 5.58 Å². The van der Waals surface area contributed by atoms with Crippen LogP contribution >= 0.6 is 0 Å². The number of para-hydroxylation sites is 1. The third kappa shape index (κ3) is 3.19. The van der Waals surface area contributed by atoms with E-state index in [2.05, 4.69) is 9.71 Å². The summed E-state index contributed by atoms with van der Waals surface area (Å²) in [6, 6.07) is 8.74. The Morgan fingerprint density at radius 2 is 1.76 bits per heavy atom. The minimum Gasteiger partial charge on any atom is -0.408 e. The van der Waals surface area contributed by atoms with Gasteiger partial charge in [-0.05, 0) is 42.5 Å². The summed E-state index contributed by atoms with van der Waals surface area (Å²) in [5, 5.41) is 0. The van der Waals surface area contributed by atoms with Crippen LogP contribution in [0.1, 0.15) is 30.5 Å². The van der Waals surface area contributed by atoms with Gasteiger partial charge in [0, 0.05) is 6.07 Å². The van der Waals surface area contributed by atoms with Gasteiger partial charge >= 0.3 is 5.76 Å². The van der Waals surface area contributed by atoms with Crippen LogP contribution in [0.4, 0.5) is 5.69 Å². The van der Waals surface area contributed by atoms with Gasteiger partial charge in [0.05, 0.1) is 16.1 Å². The van der Waals surface area contributed by atoms with Gasteiger partial charge in [0.1, 0.15) is 0 Å². The van der Waals surface area contributed by atoms with Crippen LogP contribution in [-0.4, -0.2) is 13.4 Å². The molecule has 0 aliphatic heterocycles. The molecular formula is C18H20N2O4S. The molecule has 3 aromatic rings. The van der Waals surface area contributed by atoms with Gasteiger partial charge in [-0.2, -0.15) is 0 Å². The van der Waals surface area contributed by atoms with Gasteiger partial charge in [-0.15, -0.1) is 0 Å². The van der Waals surface area contributed by atoms with Gasteiger partial charge in [0.25, 0.3) is 10.0 Å². The van der Waals surface area contributed by atoms with Crippen LogP contribution < -0.4 is 10.5 Å². The molecule has 2 N–H and O–H groups in total. The summed E-state index contributed by atoms with van der Waals surface area (Å²) in [6.07, 6.45) is 1.44. The number of rotatable bonds is 5. The maximum Gasteiger partial charge on any atom is 0.417 e. The zero-order valence-corrected chi connectivity index (χ0v) is 15.2. The second-order valence-corrected chi connectivity index (χ2v) is 7.54. The van der Waals surface area contributed by atoms with E-state index >= 15 is 0 Å². The Balaban J connectivity index is 2.12. The third-order valence-corrected chi connectivity index (χ3v) is 5.73. The molecule has 0 unspecified atom stereocenters. The van der Waals surface area contributed by atoms with Crippen molar-refractivity contribution in [3.63, 3.8) is 0 Å². The zero-order chi connectivity index (χ0) is 18.2. The van der Waals surface area contributed by atoms with Gasteiger partial charge < -0.3 is 4.42 Å². The number of H-pyrrole nitrogens is 1. The summed E-state index contributed by atoms with van der Waals surface area (Å²) in [7, 11) is -3.82. The number of oxazole rings is 1. The summed E-state index contributed by atoms with van der Waals surface area (Å²) in [5.74, 6) is -0.610. The molecule has 25 heavy (non-hydrogen) atoms. The van der Waals surface area contributed by atoms with Crippen molar-refractivity contribution < 1.29 is 12.8 Å². The molecule has 0 saturated carbocycles. The average molecular weight is 360 g/mol. The van der Waals surface area contributed by atoms with E-state index in [1.807, 2.05) is 32.0 Å². The number of aryl methyl sites for hydroxylation is 3. The molecule has 2 aromatic carbocycles. The Kier molecular flexibility index (Phi) is 4.43. The highest BCUT2D eigenvalue weighted by molar-refractivity contribution is 7.92. The number of sulfonamides is 1. The lowest BCUT2D eigenvalue weighted by Gasteiger charge is -2.16. The highest BCUT2D eigenvalue weighted by Crippen LogP contribution is 2.28. The lowest BCUT2D eigenvalue weighted by molar-refractivity contribution is 0.554. The fraction of sp³-hybridized carbons (Fsp3) is 0.278. The van der Waals surface area contributed by atoms with Crippen molar-refractivity contribution in [1.29, 1.82) is 0 Å². The summed E-state index contributed by atoms with van der Waals surface area (Å²) in [4.78, 5) is 14.0. The minimum atomic E-state index is -3.82. The molecule has 7 heteroatoms. The van der Waals surface area contributed by atoms with E-state index in [0.29, 0.717) is 16.8 Å². The van der Waals surface area contributed by atoms with Crippen LogP contribution in [-0.2, 0) is 22.9 Å². The van der Waals surface area contributed by atoms with E-state index in [1.54, 1.807) is 13.0 Å². The molecule has 0 fully saturated rings. The van der Waals surface area contributed by atoms with Crippen molar-refractivity contribution in [2.24, 2.45) is 0 Å². The Morgan fingerprint density at radius 1 is 1.12 bits per heavy atom. The third-order valence-electron chi connectivity index (χ3n) is 4.24. The van der Waals surface area contributed by atoms with Crippen molar-refractivity contribution >= 4 is 26.8 Å². The first-order valence-corrected chi connectivity index (χ1v) is 9.61. The van der Waals surface area contributed by atoms with Crippen LogP contribution in [0.25, 0.3) is 11.1 Å². The number of fused-ring (bicyclic) bond motifs is 1. The molecule has 0 spiro atoms. The van der Waals surface area contributed by atoms with Crippen molar-refractivity contribution in [2.45, 2.75) is 38.5 Å². The van der Waals surface area contributed by atoms with E-state index in [-0.39, 0.29) is 10.5 Å². The molecule has 132 valence electrons. The van der Waals surface area contributed by atoms with Gasteiger partial charge in [-0.3, -0.25) is 9.71 Å². The predicted molar refractivity (Wildman–Crippen MR) is 97.6 cm³/mol. The van der Waals surface area contributed by atoms with Crippen molar-refractivity contribution in [3.8, 4) is 0 Å². The summed E-state index contributed by atoms with van der Waals surface area (Å²) >= 11 is 0. The van der Waals surface area contributed by atoms with Crippen LogP contribution in [0.5, 0.6) is 0 Å². The second kappa shape index (κ2) is 6.40. The number of anilines is 1. The van der Waals surface area contributed by atoms with Crippen LogP contribution in [0.3, 0.4) is 0 Å². The first kappa shape index (κ1) is 17.3. The SMILES string of the molecule is CCc1cccc(CC)c1NS(=O)(=O)c1cc2oc(=O)[nH]c2cc1C. The Bertz CT molecular complexity index is 1070. The molecule has 1 aromatic heterocycles. The van der Waals surface area contributed by atoms with Gasteiger partial charge in [0.2, 0.25) is 0 Å². The predicted octanol–water partition coefficient (Wildman–Crippen LogP) is 3.36. The Morgan fingerprint density at radius 3 is 2.36 bits per heavy atom. The smallest absolute Gasteiger partial charge is 0.408 e. The molecule has 0 radical (unpaired) electrons. The van der Waals surface area contributed by atoms with E-state index in [0.717, 1.165) is 24.0 Å². The largest absolute Gasteiger partial charge is 0.417 e. The second-order valence-electron chi connectivity index (χ2n) is 5.89. The Labute approximate surface area is 145 Å². The summed E-state index contributed by atoms with van der Waals surface area (Å²) < 4.78 is 33.7. The quantitative estimate of drug-likeness (QED) is 0.730. The summed E-state index contributed by atoms with van der Waals surface area (Å²) in [6.45, 7) is 5.66. The summed E-state index contributed by atoms with van der Waals surface area (Å²) in [5.41, 5.74) is 3.73. The fourth-order valence-corrected chi connectivity index (χ4v) is 4.33. The molecule has 0 aliphatic carbocycles. The highest BCUT2D eigenvalue weighted by Gasteiger charge is 2.21. The van der Waals surface area contributed by atoms with Crippen LogP contribution in [0.15, 0.2) is 44.4 Å². The molecule has 0 amide bonds. The van der Waals surface area contributed by atoms with Gasteiger partial charge in [-0.1, -0.05) is 32.0 Å². The minimum absolute atomic E-state index is 0.0932. The number of aromatic nitrogens is 1. The van der Waals surface area contributed by atoms with Crippen molar-refractivity contribution in [1.82, 2.24) is 4.98 Å². The normalized spacial score (nSPS) is 11.8. The molecule has 6 nitrogen and oxygen atoms in total. The Hall–Kier alpha value is -2.54. The standard InChI is InChI=1S/C18H20N2O4S/c1-4-12-7-6-8-13(5-2)17(12)20-25(22,23)16-10-15-14(9-11(16)3)19-18(21)24-15/h6-10,20H,4-5H2,1-3H3,(H,19,21). The molecule has 0 bridgehead atoms. The monoisotopic (exact) mass is 360 g/mol. The number of aromatic amines is 1. The highest BCUT2D eigenvalue weighted by atomic mass is 32.2. The lowest BCUT2D eigenvalue weighted by atomic mass is 10.0. The molecule has 0 saturated heterocycles. The van der Waals surface area contributed by atoms with E-state index in [1.165, 1.54) is 6.07 Å². The first-order valence-electron chi connectivity index (χ1n) is 8.12. The number of hydrogen-bond donors (Lipinski definition) is 2.